The Bertz CT molecular complexity index is 746. The van der Waals surface area contributed by atoms with Crippen LogP contribution in [0.25, 0.3) is 0 Å². The molecule has 1 saturated carbocycles. The van der Waals surface area contributed by atoms with Gasteiger partial charge in [-0.05, 0) is 18.4 Å². The fourth-order valence-electron chi connectivity index (χ4n) is 3.59. The van der Waals surface area contributed by atoms with Gasteiger partial charge in [0, 0.05) is 6.54 Å². The molecule has 1 saturated heterocycles. The van der Waals surface area contributed by atoms with Gasteiger partial charge in [0.25, 0.3) is 5.89 Å². The molecule has 8 heteroatoms. The molecule has 1 aromatic heterocycles. The van der Waals surface area contributed by atoms with E-state index in [1.807, 2.05) is 30.3 Å². The summed E-state index contributed by atoms with van der Waals surface area (Å²) in [6.07, 6.45) is 3.87. The molecule has 1 amide bonds. The van der Waals surface area contributed by atoms with Gasteiger partial charge in [-0.15, -0.1) is 12.4 Å². The first-order chi connectivity index (χ1) is 12.2. The lowest BCUT2D eigenvalue weighted by atomic mass is 9.98. The highest BCUT2D eigenvalue weighted by molar-refractivity contribution is 5.85. The second-order valence-corrected chi connectivity index (χ2v) is 6.86. The Labute approximate surface area is 158 Å². The third kappa shape index (κ3) is 3.60. The van der Waals surface area contributed by atoms with Gasteiger partial charge in [-0.1, -0.05) is 48.3 Å². The van der Waals surface area contributed by atoms with Gasteiger partial charge in [0.15, 0.2) is 5.82 Å². The van der Waals surface area contributed by atoms with Crippen molar-refractivity contribution in [3.8, 4) is 0 Å². The molecule has 140 valence electrons. The third-order valence-corrected chi connectivity index (χ3v) is 5.06. The first-order valence-electron chi connectivity index (χ1n) is 8.70. The quantitative estimate of drug-likeness (QED) is 0.877. The summed E-state index contributed by atoms with van der Waals surface area (Å²) < 4.78 is 10.9. The molecule has 7 nitrogen and oxygen atoms in total. The van der Waals surface area contributed by atoms with E-state index in [0.717, 1.165) is 31.2 Å². The van der Waals surface area contributed by atoms with Crippen molar-refractivity contribution < 1.29 is 14.1 Å². The van der Waals surface area contributed by atoms with Crippen molar-refractivity contribution >= 4 is 18.3 Å². The average Bonchev–Trinajstić information content (AvgIpc) is 3.28. The summed E-state index contributed by atoms with van der Waals surface area (Å²) in [6, 6.07) is 9.47. The first kappa shape index (κ1) is 18.8. The average molecular weight is 379 g/mol. The fourth-order valence-corrected chi connectivity index (χ4v) is 3.59. The van der Waals surface area contributed by atoms with E-state index in [2.05, 4.69) is 10.1 Å². The number of nitrogens with two attached hydrogens (primary N) is 1. The monoisotopic (exact) mass is 378 g/mol. The van der Waals surface area contributed by atoms with Crippen LogP contribution < -0.4 is 5.73 Å². The Hall–Kier alpha value is -1.96. The first-order valence-corrected chi connectivity index (χ1v) is 8.70. The number of carbonyl (C=O) groups excluding carboxylic acids is 1. The van der Waals surface area contributed by atoms with Crippen molar-refractivity contribution in [3.63, 3.8) is 0 Å². The highest BCUT2D eigenvalue weighted by atomic mass is 35.5. The van der Waals surface area contributed by atoms with Crippen LogP contribution in [0.2, 0.25) is 0 Å². The number of ether oxygens (including phenoxy) is 1. The zero-order valence-corrected chi connectivity index (χ0v) is 15.3. The Morgan fingerprint density at radius 3 is 2.69 bits per heavy atom. The van der Waals surface area contributed by atoms with Crippen LogP contribution in [0.5, 0.6) is 0 Å². The lowest BCUT2D eigenvalue weighted by molar-refractivity contribution is -0.150. The topological polar surface area (TPSA) is 94.5 Å². The van der Waals surface area contributed by atoms with E-state index in [0.29, 0.717) is 24.9 Å². The maximum Gasteiger partial charge on any atom is 0.251 e. The maximum absolute atomic E-state index is 12.4. The molecule has 1 aliphatic carbocycles. The van der Waals surface area contributed by atoms with Crippen molar-refractivity contribution in [2.24, 2.45) is 5.73 Å². The molecule has 0 radical (unpaired) electrons. The van der Waals surface area contributed by atoms with Crippen molar-refractivity contribution in [1.82, 2.24) is 15.0 Å². The number of hydrogen-bond acceptors (Lipinski definition) is 6. The minimum atomic E-state index is -0.508. The van der Waals surface area contributed by atoms with E-state index in [9.17, 15) is 4.79 Å². The number of morpholine rings is 1. The smallest absolute Gasteiger partial charge is 0.251 e. The molecule has 2 fully saturated rings. The summed E-state index contributed by atoms with van der Waals surface area (Å²) in [7, 11) is 0. The minimum absolute atomic E-state index is 0. The van der Waals surface area contributed by atoms with Gasteiger partial charge in [0.05, 0.1) is 12.1 Å². The van der Waals surface area contributed by atoms with Crippen molar-refractivity contribution in [1.29, 1.82) is 0 Å². The fraction of sp³-hybridized carbons (Fsp3) is 0.500. The molecular weight excluding hydrogens is 356 g/mol. The number of amides is 1. The van der Waals surface area contributed by atoms with E-state index >= 15 is 0 Å². The maximum atomic E-state index is 12.4. The number of hydrogen-bond donors (Lipinski definition) is 1. The zero-order valence-electron chi connectivity index (χ0n) is 14.5. The molecular formula is C18H23ClN4O3. The van der Waals surface area contributed by atoms with Crippen LogP contribution in [0.4, 0.5) is 0 Å². The standard InChI is InChI=1S/C18H22N4O3.ClH/c19-18(8-4-5-9-18)17-20-16(25-21-17)14-11-24-12-15(23)22(14)10-13-6-2-1-3-7-13;/h1-3,6-7,14H,4-5,8-12,19H2;1H/t14-;/m1./s1. The van der Waals surface area contributed by atoms with Crippen LogP contribution in [0, 0.1) is 0 Å². The molecule has 0 spiro atoms. The summed E-state index contributed by atoms with van der Waals surface area (Å²) in [5, 5.41) is 4.11. The molecule has 4 rings (SSSR count). The highest BCUT2D eigenvalue weighted by Gasteiger charge is 2.39. The summed E-state index contributed by atoms with van der Waals surface area (Å²) in [4.78, 5) is 18.7. The molecule has 2 aliphatic rings. The van der Waals surface area contributed by atoms with Crippen LogP contribution >= 0.6 is 12.4 Å². The van der Waals surface area contributed by atoms with Crippen LogP contribution in [0.3, 0.4) is 0 Å². The normalized spacial score (nSPS) is 22.3. The Balaban J connectivity index is 0.00000196. The van der Waals surface area contributed by atoms with Gasteiger partial charge in [0.1, 0.15) is 12.6 Å². The SMILES string of the molecule is Cl.NC1(c2noc([C@H]3COCC(=O)N3Cc3ccccc3)n2)CCCC1. The van der Waals surface area contributed by atoms with Gasteiger partial charge < -0.3 is 19.9 Å². The van der Waals surface area contributed by atoms with Gasteiger partial charge in [-0.3, -0.25) is 4.79 Å². The number of halogens is 1. The molecule has 2 N–H and O–H groups in total. The van der Waals surface area contributed by atoms with Gasteiger partial charge >= 0.3 is 0 Å². The second-order valence-electron chi connectivity index (χ2n) is 6.86. The van der Waals surface area contributed by atoms with E-state index in [1.54, 1.807) is 4.90 Å². The van der Waals surface area contributed by atoms with Gasteiger partial charge in [-0.2, -0.15) is 4.98 Å². The lowest BCUT2D eigenvalue weighted by Gasteiger charge is -2.33. The van der Waals surface area contributed by atoms with Crippen molar-refractivity contribution in [2.45, 2.75) is 43.8 Å². The Kier molecular flexibility index (Phi) is 5.60. The highest BCUT2D eigenvalue weighted by Crippen LogP contribution is 2.35. The zero-order chi connectivity index (χ0) is 17.3. The number of nitrogens with zero attached hydrogens (tertiary/aromatic N) is 3. The summed E-state index contributed by atoms with van der Waals surface area (Å²) in [6.45, 7) is 0.905. The van der Waals surface area contributed by atoms with Crippen LogP contribution in [-0.4, -0.2) is 34.2 Å². The van der Waals surface area contributed by atoms with Gasteiger partial charge in [-0.25, -0.2) is 0 Å². The summed E-state index contributed by atoms with van der Waals surface area (Å²) in [5.41, 5.74) is 6.95. The number of aromatic nitrogens is 2. The van der Waals surface area contributed by atoms with Gasteiger partial charge in [0.2, 0.25) is 5.91 Å². The molecule has 0 unspecified atom stereocenters. The van der Waals surface area contributed by atoms with E-state index in [4.69, 9.17) is 15.0 Å². The molecule has 2 heterocycles. The molecule has 1 atom stereocenters. The van der Waals surface area contributed by atoms with E-state index in [1.165, 1.54) is 0 Å². The summed E-state index contributed by atoms with van der Waals surface area (Å²) >= 11 is 0. The molecule has 1 aromatic carbocycles. The number of benzene rings is 1. The molecule has 1 aliphatic heterocycles. The predicted octanol–water partition coefficient (Wildman–Crippen LogP) is 2.32. The Morgan fingerprint density at radius 1 is 1.23 bits per heavy atom. The van der Waals surface area contributed by atoms with E-state index < -0.39 is 5.54 Å². The lowest BCUT2D eigenvalue weighted by Crippen LogP contribution is -2.43. The molecule has 0 bridgehead atoms. The van der Waals surface area contributed by atoms with Crippen LogP contribution in [0.1, 0.15) is 49.0 Å². The van der Waals surface area contributed by atoms with Crippen molar-refractivity contribution in [3.05, 3.63) is 47.6 Å². The minimum Gasteiger partial charge on any atom is -0.369 e. The molecule has 2 aromatic rings. The van der Waals surface area contributed by atoms with Crippen LogP contribution in [0.15, 0.2) is 34.9 Å². The Morgan fingerprint density at radius 2 is 1.96 bits per heavy atom. The third-order valence-electron chi connectivity index (χ3n) is 5.06. The second kappa shape index (κ2) is 7.73. The predicted molar refractivity (Wildman–Crippen MR) is 96.4 cm³/mol. The van der Waals surface area contributed by atoms with Crippen molar-refractivity contribution in [2.75, 3.05) is 13.2 Å². The van der Waals surface area contributed by atoms with Crippen LogP contribution in [-0.2, 0) is 21.6 Å². The summed E-state index contributed by atoms with van der Waals surface area (Å²) in [5.74, 6) is 0.858. The van der Waals surface area contributed by atoms with E-state index in [-0.39, 0.29) is 31.0 Å². The largest absolute Gasteiger partial charge is 0.369 e. The number of rotatable bonds is 4. The molecule has 26 heavy (non-hydrogen) atoms. The number of carbonyl (C=O) groups is 1.